The van der Waals surface area contributed by atoms with E-state index in [2.05, 4.69) is 39.8 Å². The molecule has 4 heteroatoms. The Morgan fingerprint density at radius 3 is 2.60 bits per heavy atom. The molecule has 2 saturated heterocycles. The summed E-state index contributed by atoms with van der Waals surface area (Å²) in [6.45, 7) is 3.16. The lowest BCUT2D eigenvalue weighted by molar-refractivity contribution is -0.120. The van der Waals surface area contributed by atoms with E-state index in [0.717, 1.165) is 25.1 Å². The zero-order valence-electron chi connectivity index (χ0n) is 11.9. The fraction of sp³-hybridized carbons (Fsp3) is 0.562. The van der Waals surface area contributed by atoms with Crippen LogP contribution < -0.4 is 15.5 Å². The molecular formula is C16H23N3O. The van der Waals surface area contributed by atoms with Crippen molar-refractivity contribution in [1.29, 1.82) is 0 Å². The number of carbonyl (C=O) groups excluding carboxylic acids is 1. The molecule has 2 aliphatic heterocycles. The molecule has 1 aromatic rings. The van der Waals surface area contributed by atoms with E-state index in [1.807, 2.05) is 0 Å². The van der Waals surface area contributed by atoms with Crippen molar-refractivity contribution in [3.05, 3.63) is 24.3 Å². The van der Waals surface area contributed by atoms with Crippen LogP contribution in [0.4, 0.5) is 11.4 Å². The van der Waals surface area contributed by atoms with Crippen molar-refractivity contribution >= 4 is 17.3 Å². The molecule has 0 bridgehead atoms. The number of benzene rings is 1. The first-order valence-electron chi connectivity index (χ1n) is 7.69. The Morgan fingerprint density at radius 1 is 1.10 bits per heavy atom. The first-order valence-corrected chi connectivity index (χ1v) is 7.69. The van der Waals surface area contributed by atoms with Crippen molar-refractivity contribution in [1.82, 2.24) is 5.32 Å². The number of carbonyl (C=O) groups is 1. The topological polar surface area (TPSA) is 44.4 Å². The lowest BCUT2D eigenvalue weighted by Gasteiger charge is -2.20. The highest BCUT2D eigenvalue weighted by atomic mass is 16.1. The van der Waals surface area contributed by atoms with Crippen molar-refractivity contribution in [2.24, 2.45) is 0 Å². The Morgan fingerprint density at radius 2 is 1.85 bits per heavy atom. The zero-order chi connectivity index (χ0) is 13.8. The molecule has 2 fully saturated rings. The summed E-state index contributed by atoms with van der Waals surface area (Å²) in [4.78, 5) is 14.0. The number of hydrogen-bond acceptors (Lipinski definition) is 3. The van der Waals surface area contributed by atoms with E-state index in [9.17, 15) is 4.79 Å². The second-order valence-corrected chi connectivity index (χ2v) is 5.78. The van der Waals surface area contributed by atoms with Crippen molar-refractivity contribution < 1.29 is 4.79 Å². The van der Waals surface area contributed by atoms with Crippen LogP contribution in [0.5, 0.6) is 0 Å². The van der Waals surface area contributed by atoms with E-state index in [0.29, 0.717) is 6.42 Å². The largest absolute Gasteiger partial charge is 0.382 e. The summed E-state index contributed by atoms with van der Waals surface area (Å²) in [5.74, 6) is 0.161. The number of nitrogens with zero attached hydrogens (tertiary/aromatic N) is 1. The van der Waals surface area contributed by atoms with Gasteiger partial charge in [-0.1, -0.05) is 0 Å². The molecule has 108 valence electrons. The number of anilines is 2. The van der Waals surface area contributed by atoms with Gasteiger partial charge >= 0.3 is 0 Å². The third-order valence-corrected chi connectivity index (χ3v) is 4.19. The molecule has 1 aromatic carbocycles. The molecule has 2 N–H and O–H groups in total. The average Bonchev–Trinajstić information content (AvgIpc) is 2.91. The molecule has 1 unspecified atom stereocenters. The Bertz CT molecular complexity index is 451. The van der Waals surface area contributed by atoms with E-state index in [1.54, 1.807) is 0 Å². The van der Waals surface area contributed by atoms with Crippen molar-refractivity contribution in [2.45, 2.75) is 38.1 Å². The molecule has 2 aliphatic rings. The fourth-order valence-corrected chi connectivity index (χ4v) is 3.08. The minimum atomic E-state index is 0.161. The summed E-state index contributed by atoms with van der Waals surface area (Å²) in [7, 11) is 0. The smallest absolute Gasteiger partial charge is 0.222 e. The quantitative estimate of drug-likeness (QED) is 0.888. The van der Waals surface area contributed by atoms with Gasteiger partial charge in [0.1, 0.15) is 0 Å². The average molecular weight is 273 g/mol. The summed E-state index contributed by atoms with van der Waals surface area (Å²) >= 11 is 0. The van der Waals surface area contributed by atoms with Crippen LogP contribution in [0.1, 0.15) is 32.1 Å². The lowest BCUT2D eigenvalue weighted by atomic mass is 10.1. The maximum atomic E-state index is 11.6. The molecule has 1 amide bonds. The standard InChI is InChI=1S/C16H23N3O/c20-16-12-14(4-3-9-17-16)18-13-5-7-15(8-6-13)19-10-1-2-11-19/h5-8,14,18H,1-4,9-12H2,(H,17,20). The van der Waals surface area contributed by atoms with Crippen LogP contribution >= 0.6 is 0 Å². The molecule has 0 spiro atoms. The van der Waals surface area contributed by atoms with Gasteiger partial charge in [0.2, 0.25) is 5.91 Å². The molecule has 2 heterocycles. The number of nitrogens with one attached hydrogen (secondary N) is 2. The van der Waals surface area contributed by atoms with Crippen LogP contribution in [0.25, 0.3) is 0 Å². The van der Waals surface area contributed by atoms with Crippen LogP contribution in [-0.4, -0.2) is 31.6 Å². The van der Waals surface area contributed by atoms with Gasteiger partial charge in [0.05, 0.1) is 0 Å². The number of rotatable bonds is 3. The third kappa shape index (κ3) is 3.24. The molecule has 0 saturated carbocycles. The predicted molar refractivity (Wildman–Crippen MR) is 82.2 cm³/mol. The first kappa shape index (κ1) is 13.3. The van der Waals surface area contributed by atoms with Gasteiger partial charge in [-0.25, -0.2) is 0 Å². The maximum absolute atomic E-state index is 11.6. The zero-order valence-corrected chi connectivity index (χ0v) is 11.9. The molecule has 1 atom stereocenters. The Labute approximate surface area is 120 Å². The lowest BCUT2D eigenvalue weighted by Crippen LogP contribution is -2.26. The normalized spacial score (nSPS) is 23.3. The van der Waals surface area contributed by atoms with Crippen LogP contribution in [0, 0.1) is 0 Å². The summed E-state index contributed by atoms with van der Waals surface area (Å²) < 4.78 is 0. The molecular weight excluding hydrogens is 250 g/mol. The van der Waals surface area contributed by atoms with Crippen LogP contribution in [0.3, 0.4) is 0 Å². The van der Waals surface area contributed by atoms with Gasteiger partial charge < -0.3 is 15.5 Å². The summed E-state index contributed by atoms with van der Waals surface area (Å²) in [5, 5.41) is 6.41. The van der Waals surface area contributed by atoms with Crippen LogP contribution in [-0.2, 0) is 4.79 Å². The number of hydrogen-bond donors (Lipinski definition) is 2. The minimum absolute atomic E-state index is 0.161. The highest BCUT2D eigenvalue weighted by Gasteiger charge is 2.17. The van der Waals surface area contributed by atoms with E-state index >= 15 is 0 Å². The van der Waals surface area contributed by atoms with Gasteiger partial charge in [-0.3, -0.25) is 4.79 Å². The first-order chi connectivity index (χ1) is 9.81. The van der Waals surface area contributed by atoms with Crippen LogP contribution in [0.2, 0.25) is 0 Å². The Kier molecular flexibility index (Phi) is 4.09. The summed E-state index contributed by atoms with van der Waals surface area (Å²) in [6, 6.07) is 8.90. The highest BCUT2D eigenvalue weighted by molar-refractivity contribution is 5.77. The second kappa shape index (κ2) is 6.16. The number of amides is 1. The second-order valence-electron chi connectivity index (χ2n) is 5.78. The van der Waals surface area contributed by atoms with Crippen molar-refractivity contribution in [3.8, 4) is 0 Å². The van der Waals surface area contributed by atoms with Gasteiger partial charge in [0, 0.05) is 43.5 Å². The SMILES string of the molecule is O=C1CC(Nc2ccc(N3CCCC3)cc2)CCCN1. The van der Waals surface area contributed by atoms with Gasteiger partial charge in [0.25, 0.3) is 0 Å². The summed E-state index contributed by atoms with van der Waals surface area (Å²) in [6.07, 6.45) is 5.28. The Hall–Kier alpha value is -1.71. The Balaban J connectivity index is 1.60. The monoisotopic (exact) mass is 273 g/mol. The van der Waals surface area contributed by atoms with Gasteiger partial charge in [-0.15, -0.1) is 0 Å². The molecule has 0 aliphatic carbocycles. The van der Waals surface area contributed by atoms with Crippen molar-refractivity contribution in [3.63, 3.8) is 0 Å². The molecule has 0 radical (unpaired) electrons. The molecule has 20 heavy (non-hydrogen) atoms. The van der Waals surface area contributed by atoms with E-state index in [-0.39, 0.29) is 11.9 Å². The summed E-state index contributed by atoms with van der Waals surface area (Å²) in [5.41, 5.74) is 2.43. The predicted octanol–water partition coefficient (Wildman–Crippen LogP) is 2.37. The van der Waals surface area contributed by atoms with E-state index in [1.165, 1.54) is 31.6 Å². The maximum Gasteiger partial charge on any atom is 0.222 e. The third-order valence-electron chi connectivity index (χ3n) is 4.19. The van der Waals surface area contributed by atoms with Gasteiger partial charge in [-0.05, 0) is 49.9 Å². The minimum Gasteiger partial charge on any atom is -0.382 e. The molecule has 3 rings (SSSR count). The van der Waals surface area contributed by atoms with E-state index < -0.39 is 0 Å². The fourth-order valence-electron chi connectivity index (χ4n) is 3.08. The van der Waals surface area contributed by atoms with E-state index in [4.69, 9.17) is 0 Å². The van der Waals surface area contributed by atoms with Gasteiger partial charge in [0.15, 0.2) is 0 Å². The van der Waals surface area contributed by atoms with Gasteiger partial charge in [-0.2, -0.15) is 0 Å². The highest BCUT2D eigenvalue weighted by Crippen LogP contribution is 2.23. The molecule has 4 nitrogen and oxygen atoms in total. The van der Waals surface area contributed by atoms with Crippen molar-refractivity contribution in [2.75, 3.05) is 29.9 Å². The molecule has 0 aromatic heterocycles. The van der Waals surface area contributed by atoms with Crippen LogP contribution in [0.15, 0.2) is 24.3 Å².